The van der Waals surface area contributed by atoms with Crippen LogP contribution in [0.1, 0.15) is 25.3 Å². The van der Waals surface area contributed by atoms with E-state index in [4.69, 9.17) is 18.9 Å². The first-order valence-electron chi connectivity index (χ1n) is 8.31. The van der Waals surface area contributed by atoms with Gasteiger partial charge in [-0.3, -0.25) is 0 Å². The van der Waals surface area contributed by atoms with E-state index in [1.54, 1.807) is 31.2 Å². The number of esters is 3. The summed E-state index contributed by atoms with van der Waals surface area (Å²) < 4.78 is 21.1. The topological polar surface area (TPSA) is 88.1 Å². The van der Waals surface area contributed by atoms with Gasteiger partial charge in [-0.2, -0.15) is 0 Å². The van der Waals surface area contributed by atoms with Crippen LogP contribution in [0.25, 0.3) is 0 Å². The Balaban J connectivity index is 2.29. The van der Waals surface area contributed by atoms with Gasteiger partial charge in [0, 0.05) is 0 Å². The fourth-order valence-electron chi connectivity index (χ4n) is 3.79. The van der Waals surface area contributed by atoms with Crippen molar-refractivity contribution in [2.24, 2.45) is 0 Å². The van der Waals surface area contributed by atoms with Gasteiger partial charge < -0.3 is 18.9 Å². The molecule has 2 heterocycles. The molecule has 3 rings (SSSR count). The van der Waals surface area contributed by atoms with Crippen LogP contribution in [0.15, 0.2) is 41.5 Å². The molecule has 1 aromatic carbocycles. The molecule has 1 fully saturated rings. The maximum Gasteiger partial charge on any atom is 0.343 e. The minimum Gasteiger partial charge on any atom is -0.466 e. The minimum atomic E-state index is -1.68. The molecule has 7 heteroatoms. The molecule has 138 valence electrons. The molecule has 7 nitrogen and oxygen atoms in total. The quantitative estimate of drug-likeness (QED) is 0.583. The lowest BCUT2D eigenvalue weighted by Crippen LogP contribution is -2.43. The molecule has 2 atom stereocenters. The highest BCUT2D eigenvalue weighted by atomic mass is 16.6. The lowest BCUT2D eigenvalue weighted by atomic mass is 9.73. The molecular formula is C19H20O7. The fourth-order valence-corrected chi connectivity index (χ4v) is 3.79. The Morgan fingerprint density at radius 3 is 2.19 bits per heavy atom. The summed E-state index contributed by atoms with van der Waals surface area (Å²) in [5.74, 6) is -2.26. The highest BCUT2D eigenvalue weighted by Crippen LogP contribution is 2.60. The molecule has 0 aliphatic carbocycles. The van der Waals surface area contributed by atoms with E-state index in [9.17, 15) is 14.4 Å². The van der Waals surface area contributed by atoms with E-state index in [1.165, 1.54) is 14.2 Å². The highest BCUT2D eigenvalue weighted by Gasteiger charge is 2.69. The first-order valence-corrected chi connectivity index (χ1v) is 8.31. The number of benzene rings is 1. The predicted octanol–water partition coefficient (Wildman–Crippen LogP) is 1.65. The number of ether oxygens (including phenoxy) is 4. The van der Waals surface area contributed by atoms with Gasteiger partial charge in [-0.1, -0.05) is 30.3 Å². The van der Waals surface area contributed by atoms with Gasteiger partial charge in [-0.25, -0.2) is 14.4 Å². The molecule has 0 saturated carbocycles. The van der Waals surface area contributed by atoms with Gasteiger partial charge in [0.25, 0.3) is 0 Å². The van der Waals surface area contributed by atoms with Crippen LogP contribution in [-0.2, 0) is 38.9 Å². The Morgan fingerprint density at radius 1 is 1.00 bits per heavy atom. The van der Waals surface area contributed by atoms with Crippen LogP contribution >= 0.6 is 0 Å². The molecule has 1 saturated heterocycles. The zero-order chi connectivity index (χ0) is 18.9. The largest absolute Gasteiger partial charge is 0.466 e. The smallest absolute Gasteiger partial charge is 0.343 e. The zero-order valence-corrected chi connectivity index (χ0v) is 14.9. The molecule has 1 aromatic rings. The number of rotatable bonds is 5. The summed E-state index contributed by atoms with van der Waals surface area (Å²) in [4.78, 5) is 37.9. The zero-order valence-electron chi connectivity index (χ0n) is 14.9. The maximum atomic E-state index is 12.7. The summed E-state index contributed by atoms with van der Waals surface area (Å²) in [5, 5.41) is 0. The van der Waals surface area contributed by atoms with Gasteiger partial charge in [0.05, 0.1) is 32.0 Å². The molecule has 0 aromatic heterocycles. The molecule has 2 aliphatic heterocycles. The summed E-state index contributed by atoms with van der Waals surface area (Å²) in [5.41, 5.74) is -2.42. The number of hydrogen-bond donors (Lipinski definition) is 0. The van der Waals surface area contributed by atoms with Crippen molar-refractivity contribution in [2.75, 3.05) is 20.8 Å². The van der Waals surface area contributed by atoms with Gasteiger partial charge >= 0.3 is 17.9 Å². The third-order valence-electron chi connectivity index (χ3n) is 4.86. The second kappa shape index (κ2) is 6.57. The van der Waals surface area contributed by atoms with Crippen LogP contribution in [0.3, 0.4) is 0 Å². The first kappa shape index (κ1) is 18.1. The second-order valence-electron chi connectivity index (χ2n) is 6.08. The summed E-state index contributed by atoms with van der Waals surface area (Å²) in [6, 6.07) is 8.98. The van der Waals surface area contributed by atoms with Gasteiger partial charge in [-0.15, -0.1) is 0 Å². The average molecular weight is 360 g/mol. The molecule has 2 aliphatic rings. The third-order valence-corrected chi connectivity index (χ3v) is 4.86. The Morgan fingerprint density at radius 2 is 1.62 bits per heavy atom. The van der Waals surface area contributed by atoms with E-state index in [0.29, 0.717) is 12.0 Å². The Hall–Kier alpha value is -2.67. The van der Waals surface area contributed by atoms with Crippen molar-refractivity contribution in [1.82, 2.24) is 0 Å². The van der Waals surface area contributed by atoms with Crippen LogP contribution in [0.5, 0.6) is 0 Å². The van der Waals surface area contributed by atoms with Crippen molar-refractivity contribution in [1.29, 1.82) is 0 Å². The molecule has 0 amide bonds. The molecule has 0 spiro atoms. The summed E-state index contributed by atoms with van der Waals surface area (Å²) >= 11 is 0. The van der Waals surface area contributed by atoms with E-state index < -0.39 is 29.1 Å². The van der Waals surface area contributed by atoms with E-state index in [-0.39, 0.29) is 24.2 Å². The number of fused-ring (bicyclic) bond motifs is 2. The number of carbonyl (C=O) groups excluding carboxylic acids is 3. The maximum absolute atomic E-state index is 12.7. The summed E-state index contributed by atoms with van der Waals surface area (Å²) in [7, 11) is 2.40. The van der Waals surface area contributed by atoms with Crippen LogP contribution in [0.2, 0.25) is 0 Å². The molecule has 26 heavy (non-hydrogen) atoms. The van der Waals surface area contributed by atoms with E-state index in [2.05, 4.69) is 0 Å². The van der Waals surface area contributed by atoms with Crippen molar-refractivity contribution in [3.63, 3.8) is 0 Å². The number of methoxy groups -OCH3 is 2. The third kappa shape index (κ3) is 2.34. The van der Waals surface area contributed by atoms with E-state index in [0.717, 1.165) is 0 Å². The molecule has 2 unspecified atom stereocenters. The van der Waals surface area contributed by atoms with Crippen molar-refractivity contribution in [3.05, 3.63) is 47.0 Å². The van der Waals surface area contributed by atoms with E-state index >= 15 is 0 Å². The van der Waals surface area contributed by atoms with Crippen LogP contribution < -0.4 is 0 Å². The Bertz CT molecular complexity index is 782. The van der Waals surface area contributed by atoms with Crippen molar-refractivity contribution in [2.45, 2.75) is 31.0 Å². The minimum absolute atomic E-state index is 0.00245. The van der Waals surface area contributed by atoms with Crippen LogP contribution in [0.4, 0.5) is 0 Å². The standard InChI is InChI=1S/C19H20O7/c1-4-25-17(22)19-11-10-18(26-19,12-8-6-5-7-9-12)13(15(20)23-2)14(19)16(21)24-3/h5-9H,4,10-11H2,1-3H3. The van der Waals surface area contributed by atoms with Gasteiger partial charge in [0.1, 0.15) is 5.60 Å². The Kier molecular flexibility index (Phi) is 4.58. The lowest BCUT2D eigenvalue weighted by Gasteiger charge is -2.27. The van der Waals surface area contributed by atoms with Crippen LogP contribution in [-0.4, -0.2) is 44.3 Å². The van der Waals surface area contributed by atoms with Crippen LogP contribution in [0, 0.1) is 0 Å². The second-order valence-corrected chi connectivity index (χ2v) is 6.08. The van der Waals surface area contributed by atoms with Crippen molar-refractivity contribution < 1.29 is 33.3 Å². The summed E-state index contributed by atoms with van der Waals surface area (Å²) in [6.07, 6.45) is 0.534. The normalized spacial score (nSPS) is 26.6. The van der Waals surface area contributed by atoms with Gasteiger partial charge in [0.2, 0.25) is 0 Å². The molecule has 0 N–H and O–H groups in total. The van der Waals surface area contributed by atoms with E-state index in [1.807, 2.05) is 6.07 Å². The SMILES string of the molecule is CCOC(=O)C12CCC(c3ccccc3)(O1)C(C(=O)OC)=C2C(=O)OC. The fraction of sp³-hybridized carbons (Fsp3) is 0.421. The van der Waals surface area contributed by atoms with Gasteiger partial charge in [-0.05, 0) is 25.3 Å². The Labute approximate surface area is 150 Å². The average Bonchev–Trinajstić information content (AvgIpc) is 3.22. The predicted molar refractivity (Wildman–Crippen MR) is 88.9 cm³/mol. The summed E-state index contributed by atoms with van der Waals surface area (Å²) in [6.45, 7) is 1.77. The van der Waals surface area contributed by atoms with Crippen molar-refractivity contribution >= 4 is 17.9 Å². The molecular weight excluding hydrogens is 340 g/mol. The molecule has 2 bridgehead atoms. The lowest BCUT2D eigenvalue weighted by molar-refractivity contribution is -0.170. The first-order chi connectivity index (χ1) is 12.5. The highest BCUT2D eigenvalue weighted by molar-refractivity contribution is 6.10. The number of hydrogen-bond acceptors (Lipinski definition) is 7. The number of carbonyl (C=O) groups is 3. The van der Waals surface area contributed by atoms with Crippen molar-refractivity contribution in [3.8, 4) is 0 Å². The molecule has 0 radical (unpaired) electrons. The van der Waals surface area contributed by atoms with Gasteiger partial charge in [0.15, 0.2) is 5.60 Å². The monoisotopic (exact) mass is 360 g/mol.